The molecule has 2 amide bonds. The fraction of sp³-hybridized carbons (Fsp3) is 0.304. The van der Waals surface area contributed by atoms with Crippen molar-refractivity contribution in [2.24, 2.45) is 7.05 Å². The van der Waals surface area contributed by atoms with E-state index in [2.05, 4.69) is 44.7 Å². The van der Waals surface area contributed by atoms with Gasteiger partial charge in [0.2, 0.25) is 5.91 Å². The lowest BCUT2D eigenvalue weighted by molar-refractivity contribution is -0.113. The summed E-state index contributed by atoms with van der Waals surface area (Å²) < 4.78 is 1.76. The van der Waals surface area contributed by atoms with Crippen molar-refractivity contribution in [2.45, 2.75) is 11.7 Å². The molecule has 0 atom stereocenters. The van der Waals surface area contributed by atoms with Crippen molar-refractivity contribution >= 4 is 29.3 Å². The number of nitrogens with one attached hydrogen (secondary N) is 1. The van der Waals surface area contributed by atoms with Crippen LogP contribution >= 0.6 is 11.8 Å². The van der Waals surface area contributed by atoms with Gasteiger partial charge in [-0.1, -0.05) is 48.2 Å². The van der Waals surface area contributed by atoms with E-state index >= 15 is 0 Å². The molecule has 0 aliphatic carbocycles. The van der Waals surface area contributed by atoms with Gasteiger partial charge in [-0.05, 0) is 23.8 Å². The van der Waals surface area contributed by atoms with Crippen LogP contribution in [0.1, 0.15) is 15.9 Å². The standard InChI is InChI=1S/C23H26N6O2S/c1-27-17-24-26-23(27)32-16-21(30)25-20-9-5-8-19(14-20)22(31)29-12-10-28(11-13-29)15-18-6-3-2-4-7-18/h2-9,14,17H,10-13,15-16H2,1H3,(H,25,30). The van der Waals surface area contributed by atoms with Crippen molar-refractivity contribution in [1.29, 1.82) is 0 Å². The van der Waals surface area contributed by atoms with Gasteiger partial charge in [-0.25, -0.2) is 0 Å². The first kappa shape index (κ1) is 22.0. The van der Waals surface area contributed by atoms with E-state index in [1.54, 1.807) is 35.2 Å². The third-order valence-electron chi connectivity index (χ3n) is 5.30. The van der Waals surface area contributed by atoms with Crippen LogP contribution in [0.25, 0.3) is 0 Å². The van der Waals surface area contributed by atoms with Crippen LogP contribution in [0.5, 0.6) is 0 Å². The summed E-state index contributed by atoms with van der Waals surface area (Å²) in [5.74, 6) is 0.0553. The van der Waals surface area contributed by atoms with E-state index in [4.69, 9.17) is 0 Å². The zero-order valence-electron chi connectivity index (χ0n) is 18.0. The number of rotatable bonds is 7. The number of thioether (sulfide) groups is 1. The molecule has 4 rings (SSSR count). The Kier molecular flexibility index (Phi) is 7.18. The Bertz CT molecular complexity index is 1060. The Labute approximate surface area is 191 Å². The van der Waals surface area contributed by atoms with Gasteiger partial charge < -0.3 is 14.8 Å². The van der Waals surface area contributed by atoms with Crippen molar-refractivity contribution in [3.63, 3.8) is 0 Å². The van der Waals surface area contributed by atoms with Gasteiger partial charge in [0.15, 0.2) is 5.16 Å². The van der Waals surface area contributed by atoms with Gasteiger partial charge in [0.1, 0.15) is 6.33 Å². The minimum atomic E-state index is -0.155. The van der Waals surface area contributed by atoms with Gasteiger partial charge in [0.25, 0.3) is 5.91 Å². The smallest absolute Gasteiger partial charge is 0.254 e. The number of amides is 2. The minimum absolute atomic E-state index is 0.00563. The van der Waals surface area contributed by atoms with Crippen LogP contribution in [-0.2, 0) is 18.4 Å². The van der Waals surface area contributed by atoms with E-state index < -0.39 is 0 Å². The molecule has 1 fully saturated rings. The first-order valence-electron chi connectivity index (χ1n) is 10.5. The summed E-state index contributed by atoms with van der Waals surface area (Å²) in [7, 11) is 1.83. The maximum absolute atomic E-state index is 13.0. The van der Waals surface area contributed by atoms with Gasteiger partial charge in [0, 0.05) is 51.0 Å². The number of anilines is 1. The second-order valence-corrected chi connectivity index (χ2v) is 8.64. The lowest BCUT2D eigenvalue weighted by atomic mass is 10.1. The normalized spacial score (nSPS) is 14.3. The third kappa shape index (κ3) is 5.74. The molecular formula is C23H26N6O2S. The molecule has 1 aromatic heterocycles. The predicted molar refractivity (Wildman–Crippen MR) is 124 cm³/mol. The van der Waals surface area contributed by atoms with E-state index in [9.17, 15) is 9.59 Å². The molecule has 0 unspecified atom stereocenters. The van der Waals surface area contributed by atoms with Crippen LogP contribution in [-0.4, -0.2) is 68.3 Å². The molecule has 2 heterocycles. The Balaban J connectivity index is 1.28. The van der Waals surface area contributed by atoms with Crippen molar-refractivity contribution in [3.8, 4) is 0 Å². The summed E-state index contributed by atoms with van der Waals surface area (Å²) >= 11 is 1.31. The van der Waals surface area contributed by atoms with Gasteiger partial charge in [-0.3, -0.25) is 14.5 Å². The lowest BCUT2D eigenvalue weighted by Gasteiger charge is -2.34. The molecule has 0 saturated carbocycles. The molecule has 0 bridgehead atoms. The molecule has 1 N–H and O–H groups in total. The first-order chi connectivity index (χ1) is 15.6. The predicted octanol–water partition coefficient (Wildman–Crippen LogP) is 2.50. The van der Waals surface area contributed by atoms with Gasteiger partial charge in [-0.2, -0.15) is 0 Å². The van der Waals surface area contributed by atoms with Gasteiger partial charge in [0.05, 0.1) is 5.75 Å². The number of carbonyl (C=O) groups is 2. The summed E-state index contributed by atoms with van der Waals surface area (Å²) in [4.78, 5) is 29.5. The van der Waals surface area contributed by atoms with Gasteiger partial charge in [-0.15, -0.1) is 10.2 Å². The average Bonchev–Trinajstić information content (AvgIpc) is 3.23. The fourth-order valence-electron chi connectivity index (χ4n) is 3.59. The zero-order chi connectivity index (χ0) is 22.3. The number of nitrogens with zero attached hydrogens (tertiary/aromatic N) is 5. The third-order valence-corrected chi connectivity index (χ3v) is 6.34. The second kappa shape index (κ2) is 10.4. The van der Waals surface area contributed by atoms with Crippen LogP contribution < -0.4 is 5.32 Å². The first-order valence-corrected chi connectivity index (χ1v) is 11.5. The van der Waals surface area contributed by atoms with Gasteiger partial charge >= 0.3 is 0 Å². The summed E-state index contributed by atoms with van der Waals surface area (Å²) in [5.41, 5.74) is 2.48. The highest BCUT2D eigenvalue weighted by Crippen LogP contribution is 2.17. The Hall–Kier alpha value is -3.17. The molecule has 1 aliphatic heterocycles. The van der Waals surface area contributed by atoms with Crippen molar-refractivity contribution in [3.05, 3.63) is 72.1 Å². The molecule has 0 spiro atoms. The second-order valence-electron chi connectivity index (χ2n) is 7.70. The largest absolute Gasteiger partial charge is 0.336 e. The highest BCUT2D eigenvalue weighted by Gasteiger charge is 2.22. The summed E-state index contributed by atoms with van der Waals surface area (Å²) in [6.45, 7) is 3.97. The van der Waals surface area contributed by atoms with Crippen LogP contribution in [0.15, 0.2) is 66.1 Å². The Morgan fingerprint density at radius 1 is 1.03 bits per heavy atom. The summed E-state index contributed by atoms with van der Waals surface area (Å²) in [6, 6.07) is 17.5. The van der Waals surface area contributed by atoms with Crippen molar-refractivity contribution in [1.82, 2.24) is 24.6 Å². The monoisotopic (exact) mass is 450 g/mol. The molecule has 32 heavy (non-hydrogen) atoms. The number of piperazine rings is 1. The minimum Gasteiger partial charge on any atom is -0.336 e. The molecule has 3 aromatic rings. The maximum Gasteiger partial charge on any atom is 0.254 e. The van der Waals surface area contributed by atoms with E-state index in [1.807, 2.05) is 18.0 Å². The SMILES string of the molecule is Cn1cnnc1SCC(=O)Nc1cccc(C(=O)N2CCN(Cc3ccccc3)CC2)c1. The number of aryl methyl sites for hydroxylation is 1. The Morgan fingerprint density at radius 2 is 1.81 bits per heavy atom. The van der Waals surface area contributed by atoms with Crippen LogP contribution in [0.4, 0.5) is 5.69 Å². The van der Waals surface area contributed by atoms with E-state index in [1.165, 1.54) is 17.3 Å². The molecular weight excluding hydrogens is 424 g/mol. The summed E-state index contributed by atoms with van der Waals surface area (Å²) in [6.07, 6.45) is 1.59. The molecule has 0 radical (unpaired) electrons. The molecule has 166 valence electrons. The average molecular weight is 451 g/mol. The van der Waals surface area contributed by atoms with Crippen LogP contribution in [0.2, 0.25) is 0 Å². The molecule has 1 saturated heterocycles. The topological polar surface area (TPSA) is 83.4 Å². The Morgan fingerprint density at radius 3 is 2.53 bits per heavy atom. The van der Waals surface area contributed by atoms with Crippen molar-refractivity contribution < 1.29 is 9.59 Å². The van der Waals surface area contributed by atoms with E-state index in [0.29, 0.717) is 29.5 Å². The maximum atomic E-state index is 13.0. The quantitative estimate of drug-likeness (QED) is 0.557. The van der Waals surface area contributed by atoms with Crippen LogP contribution in [0.3, 0.4) is 0 Å². The highest BCUT2D eigenvalue weighted by molar-refractivity contribution is 7.99. The molecule has 2 aromatic carbocycles. The fourth-order valence-corrected chi connectivity index (χ4v) is 4.28. The van der Waals surface area contributed by atoms with Crippen molar-refractivity contribution in [2.75, 3.05) is 37.2 Å². The number of carbonyl (C=O) groups excluding carboxylic acids is 2. The number of benzene rings is 2. The molecule has 9 heteroatoms. The molecule has 1 aliphatic rings. The lowest BCUT2D eigenvalue weighted by Crippen LogP contribution is -2.48. The number of hydrogen-bond donors (Lipinski definition) is 1. The zero-order valence-corrected chi connectivity index (χ0v) is 18.8. The van der Waals surface area contributed by atoms with Crippen LogP contribution in [0, 0.1) is 0 Å². The number of aromatic nitrogens is 3. The summed E-state index contributed by atoms with van der Waals surface area (Å²) in [5, 5.41) is 11.3. The van der Waals surface area contributed by atoms with E-state index in [-0.39, 0.29) is 17.6 Å². The number of hydrogen-bond acceptors (Lipinski definition) is 6. The highest BCUT2D eigenvalue weighted by atomic mass is 32.2. The molecule has 8 nitrogen and oxygen atoms in total. The van der Waals surface area contributed by atoms with E-state index in [0.717, 1.165) is 19.6 Å².